The fourth-order valence-corrected chi connectivity index (χ4v) is 1.09. The highest BCUT2D eigenvalue weighted by Gasteiger charge is 2.00. The number of carbonyl (C=O) groups excluding carboxylic acids is 1. The minimum atomic E-state index is -0.209. The first-order chi connectivity index (χ1) is 6.76. The third-order valence-electron chi connectivity index (χ3n) is 1.91. The smallest absolute Gasteiger partial charge is 0.305 e. The average molecular weight is 189 g/mol. The van der Waals surface area contributed by atoms with E-state index in [-0.39, 0.29) is 5.97 Å². The lowest BCUT2D eigenvalue weighted by Gasteiger charge is -2.00. The highest BCUT2D eigenvalue weighted by Crippen LogP contribution is 2.13. The van der Waals surface area contributed by atoms with Gasteiger partial charge in [-0.15, -0.1) is 0 Å². The van der Waals surface area contributed by atoms with Crippen LogP contribution in [-0.4, -0.2) is 13.1 Å². The predicted octanol–water partition coefficient (Wildman–Crippen LogP) is 2.34. The van der Waals surface area contributed by atoms with Crippen molar-refractivity contribution in [3.63, 3.8) is 0 Å². The molecule has 1 aromatic rings. The lowest BCUT2D eigenvalue weighted by Crippen LogP contribution is -2.01. The van der Waals surface area contributed by atoms with Crippen molar-refractivity contribution < 1.29 is 9.53 Å². The molecule has 0 unspecified atom stereocenters. The van der Waals surface area contributed by atoms with Crippen molar-refractivity contribution in [1.29, 1.82) is 0 Å². The van der Waals surface area contributed by atoms with Gasteiger partial charge in [0.05, 0.1) is 13.7 Å². The number of methoxy groups -OCH3 is 1. The zero-order valence-electron chi connectivity index (χ0n) is 7.99. The number of esters is 1. The van der Waals surface area contributed by atoms with E-state index in [2.05, 4.69) is 9.58 Å². The van der Waals surface area contributed by atoms with Crippen molar-refractivity contribution in [3.05, 3.63) is 41.2 Å². The molecule has 1 rings (SSSR count). The molecule has 0 heterocycles. The standard InChI is InChI=1S/C11H11NO2/c1-12-10-6-3-9(4-7-10)5-8-11(13)14-2/h3-4,6-7H,5,8H2,2H3. The van der Waals surface area contributed by atoms with Gasteiger partial charge < -0.3 is 4.74 Å². The lowest BCUT2D eigenvalue weighted by molar-refractivity contribution is -0.140. The van der Waals surface area contributed by atoms with Gasteiger partial charge in [-0.3, -0.25) is 4.79 Å². The summed E-state index contributed by atoms with van der Waals surface area (Å²) >= 11 is 0. The van der Waals surface area contributed by atoms with Crippen LogP contribution in [0.4, 0.5) is 5.69 Å². The van der Waals surface area contributed by atoms with Crippen molar-refractivity contribution in [2.24, 2.45) is 0 Å². The molecule has 0 saturated heterocycles. The molecule has 0 fully saturated rings. The summed E-state index contributed by atoms with van der Waals surface area (Å²) in [5, 5.41) is 0. The molecule has 0 radical (unpaired) electrons. The maximum Gasteiger partial charge on any atom is 0.305 e. The molecular weight excluding hydrogens is 178 g/mol. The Hall–Kier alpha value is -1.82. The summed E-state index contributed by atoms with van der Waals surface area (Å²) < 4.78 is 4.53. The number of nitrogens with zero attached hydrogens (tertiary/aromatic N) is 1. The summed E-state index contributed by atoms with van der Waals surface area (Å²) in [4.78, 5) is 14.1. The van der Waals surface area contributed by atoms with Crippen LogP contribution in [0.5, 0.6) is 0 Å². The molecule has 14 heavy (non-hydrogen) atoms. The van der Waals surface area contributed by atoms with E-state index in [4.69, 9.17) is 6.57 Å². The fourth-order valence-electron chi connectivity index (χ4n) is 1.09. The number of aryl methyl sites for hydroxylation is 1. The normalized spacial score (nSPS) is 9.14. The largest absolute Gasteiger partial charge is 0.469 e. The van der Waals surface area contributed by atoms with Gasteiger partial charge in [-0.25, -0.2) is 4.85 Å². The molecule has 0 amide bonds. The van der Waals surface area contributed by atoms with Crippen LogP contribution in [0.1, 0.15) is 12.0 Å². The minimum absolute atomic E-state index is 0.209. The Morgan fingerprint density at radius 1 is 1.43 bits per heavy atom. The summed E-state index contributed by atoms with van der Waals surface area (Å²) in [7, 11) is 1.38. The first kappa shape index (κ1) is 10.3. The predicted molar refractivity (Wildman–Crippen MR) is 53.0 cm³/mol. The van der Waals surface area contributed by atoms with Gasteiger partial charge in [-0.2, -0.15) is 0 Å². The van der Waals surface area contributed by atoms with E-state index < -0.39 is 0 Å². The first-order valence-corrected chi connectivity index (χ1v) is 4.29. The van der Waals surface area contributed by atoms with Gasteiger partial charge in [-0.1, -0.05) is 24.3 Å². The van der Waals surface area contributed by atoms with Crippen LogP contribution in [0.25, 0.3) is 4.85 Å². The molecule has 0 spiro atoms. The van der Waals surface area contributed by atoms with Crippen LogP contribution in [-0.2, 0) is 16.0 Å². The molecule has 0 atom stereocenters. The van der Waals surface area contributed by atoms with Crippen LogP contribution in [0.15, 0.2) is 24.3 Å². The third-order valence-corrected chi connectivity index (χ3v) is 1.91. The van der Waals surface area contributed by atoms with Gasteiger partial charge in [0.25, 0.3) is 0 Å². The van der Waals surface area contributed by atoms with Crippen molar-refractivity contribution in [2.45, 2.75) is 12.8 Å². The quantitative estimate of drug-likeness (QED) is 0.539. The van der Waals surface area contributed by atoms with Gasteiger partial charge in [0, 0.05) is 6.42 Å². The number of hydrogen-bond acceptors (Lipinski definition) is 2. The van der Waals surface area contributed by atoms with E-state index >= 15 is 0 Å². The Kier molecular flexibility index (Phi) is 3.69. The first-order valence-electron chi connectivity index (χ1n) is 4.29. The Morgan fingerprint density at radius 2 is 2.07 bits per heavy atom. The topological polar surface area (TPSA) is 30.7 Å². The monoisotopic (exact) mass is 189 g/mol. The number of rotatable bonds is 3. The summed E-state index contributed by atoms with van der Waals surface area (Å²) in [5.41, 5.74) is 1.66. The van der Waals surface area contributed by atoms with E-state index in [1.807, 2.05) is 12.1 Å². The van der Waals surface area contributed by atoms with Gasteiger partial charge in [-0.05, 0) is 12.0 Å². The summed E-state index contributed by atoms with van der Waals surface area (Å²) in [5.74, 6) is -0.209. The van der Waals surface area contributed by atoms with E-state index in [1.165, 1.54) is 7.11 Å². The summed E-state index contributed by atoms with van der Waals surface area (Å²) in [6, 6.07) is 7.21. The number of benzene rings is 1. The summed E-state index contributed by atoms with van der Waals surface area (Å²) in [6.07, 6.45) is 1.04. The molecule has 0 N–H and O–H groups in total. The van der Waals surface area contributed by atoms with Crippen LogP contribution in [0, 0.1) is 6.57 Å². The van der Waals surface area contributed by atoms with Gasteiger partial charge in [0.1, 0.15) is 0 Å². The second-order valence-electron chi connectivity index (χ2n) is 2.85. The SMILES string of the molecule is [C-]#[N+]c1ccc(CCC(=O)OC)cc1. The van der Waals surface area contributed by atoms with E-state index in [0.717, 1.165) is 5.56 Å². The molecule has 0 saturated carbocycles. The molecule has 3 nitrogen and oxygen atoms in total. The maximum atomic E-state index is 10.8. The van der Waals surface area contributed by atoms with Crippen LogP contribution >= 0.6 is 0 Å². The number of carbonyl (C=O) groups is 1. The highest BCUT2D eigenvalue weighted by molar-refractivity contribution is 5.69. The molecule has 3 heteroatoms. The van der Waals surface area contributed by atoms with Gasteiger partial charge in [0.15, 0.2) is 5.69 Å². The second kappa shape index (κ2) is 5.03. The molecule has 0 aliphatic carbocycles. The molecular formula is C11H11NO2. The molecule has 0 aliphatic rings. The van der Waals surface area contributed by atoms with Crippen molar-refractivity contribution in [2.75, 3.05) is 7.11 Å². The van der Waals surface area contributed by atoms with Gasteiger partial charge >= 0.3 is 5.97 Å². The van der Waals surface area contributed by atoms with E-state index in [1.54, 1.807) is 12.1 Å². The minimum Gasteiger partial charge on any atom is -0.469 e. The van der Waals surface area contributed by atoms with Crippen LogP contribution < -0.4 is 0 Å². The Labute approximate surface area is 83.1 Å². The number of hydrogen-bond donors (Lipinski definition) is 0. The van der Waals surface area contributed by atoms with E-state index in [0.29, 0.717) is 18.5 Å². The maximum absolute atomic E-state index is 10.8. The van der Waals surface area contributed by atoms with E-state index in [9.17, 15) is 4.79 Å². The molecule has 1 aromatic carbocycles. The highest BCUT2D eigenvalue weighted by atomic mass is 16.5. The number of ether oxygens (including phenoxy) is 1. The molecule has 0 aromatic heterocycles. The van der Waals surface area contributed by atoms with Crippen LogP contribution in [0.3, 0.4) is 0 Å². The van der Waals surface area contributed by atoms with Crippen molar-refractivity contribution >= 4 is 11.7 Å². The average Bonchev–Trinajstić information content (AvgIpc) is 2.26. The Morgan fingerprint density at radius 3 is 2.57 bits per heavy atom. The van der Waals surface area contributed by atoms with Crippen molar-refractivity contribution in [1.82, 2.24) is 0 Å². The Bertz CT molecular complexity index is 349. The van der Waals surface area contributed by atoms with Crippen LogP contribution in [0.2, 0.25) is 0 Å². The Balaban J connectivity index is 2.53. The summed E-state index contributed by atoms with van der Waals surface area (Å²) in [6.45, 7) is 6.77. The third kappa shape index (κ3) is 2.91. The molecule has 72 valence electrons. The van der Waals surface area contributed by atoms with Gasteiger partial charge in [0.2, 0.25) is 0 Å². The lowest BCUT2D eigenvalue weighted by atomic mass is 10.1. The second-order valence-corrected chi connectivity index (χ2v) is 2.85. The zero-order valence-corrected chi connectivity index (χ0v) is 7.99. The fraction of sp³-hybridized carbons (Fsp3) is 0.273. The van der Waals surface area contributed by atoms with Crippen molar-refractivity contribution in [3.8, 4) is 0 Å². The zero-order chi connectivity index (χ0) is 10.4. The molecule has 0 bridgehead atoms. The molecule has 0 aliphatic heterocycles.